The van der Waals surface area contributed by atoms with Crippen LogP contribution in [0.1, 0.15) is 18.4 Å². The van der Waals surface area contributed by atoms with Crippen LogP contribution in [0.5, 0.6) is 5.75 Å². The van der Waals surface area contributed by atoms with E-state index in [4.69, 9.17) is 4.74 Å². The lowest BCUT2D eigenvalue weighted by Gasteiger charge is -2.32. The van der Waals surface area contributed by atoms with Crippen molar-refractivity contribution in [2.24, 2.45) is 5.92 Å². The molecule has 1 amide bonds. The van der Waals surface area contributed by atoms with Crippen molar-refractivity contribution in [1.29, 1.82) is 0 Å². The van der Waals surface area contributed by atoms with Gasteiger partial charge < -0.3 is 20.3 Å². The van der Waals surface area contributed by atoms with Crippen molar-refractivity contribution in [1.82, 2.24) is 15.3 Å². The quantitative estimate of drug-likeness (QED) is 0.562. The van der Waals surface area contributed by atoms with Gasteiger partial charge in [0.1, 0.15) is 11.6 Å². The molecule has 0 bridgehead atoms. The van der Waals surface area contributed by atoms with E-state index in [1.807, 2.05) is 29.2 Å². The van der Waals surface area contributed by atoms with Crippen LogP contribution in [0, 0.1) is 17.6 Å². The number of hydrogen-bond acceptors (Lipinski definition) is 6. The summed E-state index contributed by atoms with van der Waals surface area (Å²) in [4.78, 5) is 23.7. The maximum Gasteiger partial charge on any atom is 0.227 e. The van der Waals surface area contributed by atoms with Gasteiger partial charge in [0.2, 0.25) is 11.9 Å². The fourth-order valence-electron chi connectivity index (χ4n) is 3.81. The summed E-state index contributed by atoms with van der Waals surface area (Å²) in [5, 5.41) is 6.07. The second-order valence-corrected chi connectivity index (χ2v) is 7.82. The maximum absolute atomic E-state index is 13.4. The molecule has 1 unspecified atom stereocenters. The molecule has 1 aliphatic rings. The van der Waals surface area contributed by atoms with Gasteiger partial charge in [-0.05, 0) is 48.7 Å². The molecule has 0 aliphatic carbocycles. The Hall–Kier alpha value is -3.75. The van der Waals surface area contributed by atoms with Crippen LogP contribution in [0.15, 0.2) is 54.7 Å². The molecule has 0 radical (unpaired) electrons. The first-order chi connectivity index (χ1) is 16.0. The summed E-state index contributed by atoms with van der Waals surface area (Å²) in [6.45, 7) is 1.36. The zero-order valence-corrected chi connectivity index (χ0v) is 18.2. The number of piperidine rings is 1. The Labute approximate surface area is 190 Å². The van der Waals surface area contributed by atoms with Crippen molar-refractivity contribution in [2.45, 2.75) is 19.4 Å². The molecule has 4 rings (SSSR count). The first kappa shape index (κ1) is 22.4. The molecule has 1 atom stereocenters. The number of anilines is 3. The first-order valence-electron chi connectivity index (χ1n) is 10.7. The van der Waals surface area contributed by atoms with Crippen LogP contribution in [0.4, 0.5) is 26.2 Å². The van der Waals surface area contributed by atoms with Gasteiger partial charge in [0.15, 0.2) is 11.6 Å². The normalized spacial score (nSPS) is 15.7. The van der Waals surface area contributed by atoms with Gasteiger partial charge in [0, 0.05) is 25.8 Å². The summed E-state index contributed by atoms with van der Waals surface area (Å²) < 4.78 is 31.9. The van der Waals surface area contributed by atoms with Crippen LogP contribution in [0.25, 0.3) is 0 Å². The van der Waals surface area contributed by atoms with E-state index in [2.05, 4.69) is 20.6 Å². The lowest BCUT2D eigenvalue weighted by Crippen LogP contribution is -2.43. The van der Waals surface area contributed by atoms with Gasteiger partial charge in [0.25, 0.3) is 0 Å². The largest absolute Gasteiger partial charge is 0.495 e. The number of aromatic nitrogens is 2. The smallest absolute Gasteiger partial charge is 0.227 e. The van der Waals surface area contributed by atoms with Gasteiger partial charge in [0.05, 0.1) is 18.7 Å². The van der Waals surface area contributed by atoms with E-state index < -0.39 is 11.6 Å². The molecule has 172 valence electrons. The van der Waals surface area contributed by atoms with Crippen molar-refractivity contribution in [3.05, 3.63) is 71.9 Å². The Morgan fingerprint density at radius 3 is 2.85 bits per heavy atom. The van der Waals surface area contributed by atoms with E-state index in [9.17, 15) is 13.6 Å². The fourth-order valence-corrected chi connectivity index (χ4v) is 3.81. The highest BCUT2D eigenvalue weighted by Gasteiger charge is 2.27. The van der Waals surface area contributed by atoms with E-state index in [-0.39, 0.29) is 18.4 Å². The topological polar surface area (TPSA) is 79.4 Å². The highest BCUT2D eigenvalue weighted by Crippen LogP contribution is 2.27. The summed E-state index contributed by atoms with van der Waals surface area (Å²) in [5.74, 6) is -0.359. The van der Waals surface area contributed by atoms with E-state index in [1.54, 1.807) is 19.4 Å². The molecule has 33 heavy (non-hydrogen) atoms. The van der Waals surface area contributed by atoms with Crippen LogP contribution in [0.3, 0.4) is 0 Å². The molecule has 1 saturated heterocycles. The number of rotatable bonds is 7. The number of carbonyl (C=O) groups is 1. The number of nitrogens with one attached hydrogen (secondary N) is 2. The Balaban J connectivity index is 1.39. The highest BCUT2D eigenvalue weighted by molar-refractivity contribution is 5.79. The third-order valence-electron chi connectivity index (χ3n) is 5.54. The number of nitrogens with zero attached hydrogens (tertiary/aromatic N) is 3. The van der Waals surface area contributed by atoms with Gasteiger partial charge in [-0.1, -0.05) is 18.2 Å². The molecule has 2 N–H and O–H groups in total. The van der Waals surface area contributed by atoms with Gasteiger partial charge in [-0.15, -0.1) is 0 Å². The van der Waals surface area contributed by atoms with Crippen LogP contribution >= 0.6 is 0 Å². The summed E-state index contributed by atoms with van der Waals surface area (Å²) in [6.07, 6.45) is 3.23. The predicted octanol–water partition coefficient (Wildman–Crippen LogP) is 4.04. The molecule has 1 aliphatic heterocycles. The van der Waals surface area contributed by atoms with E-state index in [1.165, 1.54) is 6.07 Å². The van der Waals surface area contributed by atoms with Gasteiger partial charge in [-0.3, -0.25) is 4.79 Å². The van der Waals surface area contributed by atoms with Crippen LogP contribution in [0.2, 0.25) is 0 Å². The summed E-state index contributed by atoms with van der Waals surface area (Å²) >= 11 is 0. The van der Waals surface area contributed by atoms with Crippen LogP contribution in [-0.2, 0) is 11.3 Å². The van der Waals surface area contributed by atoms with Crippen molar-refractivity contribution >= 4 is 23.4 Å². The molecule has 2 aromatic carbocycles. The number of hydrogen-bond donors (Lipinski definition) is 2. The average molecular weight is 453 g/mol. The van der Waals surface area contributed by atoms with E-state index in [0.717, 1.165) is 37.2 Å². The summed E-state index contributed by atoms with van der Waals surface area (Å²) in [6, 6.07) is 12.9. The number of carbonyl (C=O) groups excluding carboxylic acids is 1. The van der Waals surface area contributed by atoms with Crippen LogP contribution in [-0.4, -0.2) is 36.1 Å². The molecular formula is C24H25F2N5O2. The van der Waals surface area contributed by atoms with E-state index in [0.29, 0.717) is 29.6 Å². The lowest BCUT2D eigenvalue weighted by atomic mass is 9.97. The van der Waals surface area contributed by atoms with Gasteiger partial charge >= 0.3 is 0 Å². The molecule has 0 spiro atoms. The monoisotopic (exact) mass is 453 g/mol. The molecule has 1 aromatic heterocycles. The maximum atomic E-state index is 13.4. The number of benzene rings is 2. The molecule has 2 heterocycles. The molecule has 1 fully saturated rings. The van der Waals surface area contributed by atoms with Crippen molar-refractivity contribution in [3.63, 3.8) is 0 Å². The summed E-state index contributed by atoms with van der Waals surface area (Å²) in [7, 11) is 1.61. The van der Waals surface area contributed by atoms with Crippen molar-refractivity contribution in [3.8, 4) is 5.75 Å². The van der Waals surface area contributed by atoms with Crippen molar-refractivity contribution in [2.75, 3.05) is 30.4 Å². The van der Waals surface area contributed by atoms with E-state index >= 15 is 0 Å². The SMILES string of the molecule is COc1ccccc1Nc1ccnc(N2CCCC(C(=O)NCc3ccc(F)c(F)c3)C2)n1. The minimum Gasteiger partial charge on any atom is -0.495 e. The Bertz CT molecular complexity index is 1130. The minimum absolute atomic E-state index is 0.132. The fraction of sp³-hybridized carbons (Fsp3) is 0.292. The highest BCUT2D eigenvalue weighted by atomic mass is 19.2. The predicted molar refractivity (Wildman–Crippen MR) is 121 cm³/mol. The van der Waals surface area contributed by atoms with Gasteiger partial charge in [-0.2, -0.15) is 4.98 Å². The minimum atomic E-state index is -0.927. The molecule has 3 aromatic rings. The third-order valence-corrected chi connectivity index (χ3v) is 5.54. The van der Waals surface area contributed by atoms with Crippen molar-refractivity contribution < 1.29 is 18.3 Å². The Morgan fingerprint density at radius 1 is 1.18 bits per heavy atom. The second kappa shape index (κ2) is 10.2. The zero-order chi connectivity index (χ0) is 23.2. The molecule has 9 heteroatoms. The number of methoxy groups -OCH3 is 1. The molecule has 0 saturated carbocycles. The average Bonchev–Trinajstić information content (AvgIpc) is 2.85. The molecular weight excluding hydrogens is 428 g/mol. The third kappa shape index (κ3) is 5.54. The van der Waals surface area contributed by atoms with Gasteiger partial charge in [-0.25, -0.2) is 13.8 Å². The summed E-state index contributed by atoms with van der Waals surface area (Å²) in [5.41, 5.74) is 1.30. The lowest BCUT2D eigenvalue weighted by molar-refractivity contribution is -0.125. The van der Waals surface area contributed by atoms with Crippen LogP contribution < -0.4 is 20.3 Å². The number of para-hydroxylation sites is 2. The second-order valence-electron chi connectivity index (χ2n) is 7.82. The number of ether oxygens (including phenoxy) is 1. The standard InChI is InChI=1S/C24H25F2N5O2/c1-33-21-7-3-2-6-20(21)29-22-10-11-27-24(30-22)31-12-4-5-17(15-31)23(32)28-14-16-8-9-18(25)19(26)13-16/h2-3,6-11,13,17H,4-5,12,14-15H2,1H3,(H,28,32)(H,27,29,30). The first-order valence-corrected chi connectivity index (χ1v) is 10.7. The Kier molecular flexibility index (Phi) is 6.97. The number of amides is 1. The molecule has 7 nitrogen and oxygen atoms in total. The Morgan fingerprint density at radius 2 is 2.03 bits per heavy atom. The zero-order valence-electron chi connectivity index (χ0n) is 18.2. The number of halogens is 2.